The van der Waals surface area contributed by atoms with Gasteiger partial charge < -0.3 is 5.11 Å². The molecule has 0 aliphatic rings. The van der Waals surface area contributed by atoms with Crippen LogP contribution in [0.4, 0.5) is 0 Å². The van der Waals surface area contributed by atoms with Gasteiger partial charge in [0.05, 0.1) is 0 Å². The minimum Gasteiger partial charge on any atom is -0.396 e. The summed E-state index contributed by atoms with van der Waals surface area (Å²) in [6.07, 6.45) is 2.77. The largest absolute Gasteiger partial charge is 0.396 e. The average Bonchev–Trinajstić information content (AvgIpc) is 2.19. The highest BCUT2D eigenvalue weighted by molar-refractivity contribution is 5.47. The van der Waals surface area contributed by atoms with Gasteiger partial charge in [0.15, 0.2) is 0 Å². The van der Waals surface area contributed by atoms with Crippen LogP contribution in [0.3, 0.4) is 0 Å². The second-order valence-corrected chi connectivity index (χ2v) is 3.44. The van der Waals surface area contributed by atoms with Crippen molar-refractivity contribution in [2.75, 3.05) is 6.61 Å². The molecule has 1 aromatic rings. The molecule has 1 aromatic carbocycles. The summed E-state index contributed by atoms with van der Waals surface area (Å²) in [5.41, 5.74) is 2.41. The van der Waals surface area contributed by atoms with Gasteiger partial charge in [-0.1, -0.05) is 43.8 Å². The van der Waals surface area contributed by atoms with E-state index in [0.717, 1.165) is 12.0 Å². The molecule has 70 valence electrons. The zero-order chi connectivity index (χ0) is 9.68. The molecule has 1 N–H and O–H groups in total. The third-order valence-electron chi connectivity index (χ3n) is 2.11. The van der Waals surface area contributed by atoms with Crippen LogP contribution < -0.4 is 0 Å². The summed E-state index contributed by atoms with van der Waals surface area (Å²) in [5.74, 6) is 0.342. The molecule has 0 aliphatic heterocycles. The van der Waals surface area contributed by atoms with Crippen molar-refractivity contribution < 1.29 is 5.11 Å². The molecule has 0 heterocycles. The van der Waals surface area contributed by atoms with Crippen molar-refractivity contribution in [3.8, 4) is 0 Å². The van der Waals surface area contributed by atoms with Gasteiger partial charge in [-0.2, -0.15) is 0 Å². The smallest absolute Gasteiger partial charge is 0.0459 e. The Balaban J connectivity index is 2.63. The average molecular weight is 176 g/mol. The van der Waals surface area contributed by atoms with Gasteiger partial charge in [-0.3, -0.25) is 0 Å². The Labute approximate surface area is 79.7 Å². The molecule has 0 fully saturated rings. The third kappa shape index (κ3) is 3.03. The topological polar surface area (TPSA) is 20.2 Å². The lowest BCUT2D eigenvalue weighted by Crippen LogP contribution is -2.04. The van der Waals surface area contributed by atoms with Crippen molar-refractivity contribution in [3.05, 3.63) is 42.0 Å². The Morgan fingerprint density at radius 1 is 1.38 bits per heavy atom. The van der Waals surface area contributed by atoms with Crippen LogP contribution in [-0.4, -0.2) is 11.7 Å². The zero-order valence-corrected chi connectivity index (χ0v) is 8.03. The van der Waals surface area contributed by atoms with Crippen molar-refractivity contribution >= 4 is 6.08 Å². The van der Waals surface area contributed by atoms with Gasteiger partial charge >= 0.3 is 0 Å². The van der Waals surface area contributed by atoms with Crippen molar-refractivity contribution in [1.82, 2.24) is 0 Å². The molecule has 0 bridgehead atoms. The first kappa shape index (κ1) is 10.0. The third-order valence-corrected chi connectivity index (χ3v) is 2.11. The minimum atomic E-state index is 0.253. The van der Waals surface area contributed by atoms with Crippen LogP contribution in [0.15, 0.2) is 30.8 Å². The van der Waals surface area contributed by atoms with E-state index in [0.29, 0.717) is 5.92 Å². The number of hydrogen-bond acceptors (Lipinski definition) is 1. The monoisotopic (exact) mass is 176 g/mol. The highest BCUT2D eigenvalue weighted by Crippen LogP contribution is 2.10. The molecule has 13 heavy (non-hydrogen) atoms. The predicted octanol–water partition coefficient (Wildman–Crippen LogP) is 2.50. The van der Waals surface area contributed by atoms with E-state index in [2.05, 4.69) is 18.7 Å². The summed E-state index contributed by atoms with van der Waals surface area (Å²) in [4.78, 5) is 0. The lowest BCUT2D eigenvalue weighted by Gasteiger charge is -2.07. The number of aliphatic hydroxyl groups excluding tert-OH is 1. The van der Waals surface area contributed by atoms with E-state index in [4.69, 9.17) is 5.11 Å². The fraction of sp³-hybridized carbons (Fsp3) is 0.333. The van der Waals surface area contributed by atoms with E-state index in [-0.39, 0.29) is 6.61 Å². The molecule has 1 atom stereocenters. The van der Waals surface area contributed by atoms with Gasteiger partial charge in [0.1, 0.15) is 0 Å². The van der Waals surface area contributed by atoms with Gasteiger partial charge in [0.2, 0.25) is 0 Å². The normalized spacial score (nSPS) is 12.5. The first-order valence-electron chi connectivity index (χ1n) is 4.58. The molecule has 0 spiro atoms. The molecule has 1 heteroatoms. The van der Waals surface area contributed by atoms with E-state index < -0.39 is 0 Å². The molecule has 0 aromatic heterocycles. The second kappa shape index (κ2) is 4.83. The van der Waals surface area contributed by atoms with Gasteiger partial charge in [0.25, 0.3) is 0 Å². The number of rotatable bonds is 4. The molecule has 0 saturated carbocycles. The Morgan fingerprint density at radius 2 is 2.00 bits per heavy atom. The Morgan fingerprint density at radius 3 is 2.46 bits per heavy atom. The quantitative estimate of drug-likeness (QED) is 0.747. The van der Waals surface area contributed by atoms with Crippen LogP contribution in [0.5, 0.6) is 0 Å². The van der Waals surface area contributed by atoms with E-state index in [1.54, 1.807) is 0 Å². The first-order valence-corrected chi connectivity index (χ1v) is 4.58. The molecular formula is C12H16O. The Hall–Kier alpha value is -1.08. The van der Waals surface area contributed by atoms with Crippen LogP contribution in [0, 0.1) is 5.92 Å². The summed E-state index contributed by atoms with van der Waals surface area (Å²) in [7, 11) is 0. The SMILES string of the molecule is C=Cc1ccc(CC(C)CO)cc1. The molecule has 0 radical (unpaired) electrons. The molecular weight excluding hydrogens is 160 g/mol. The highest BCUT2D eigenvalue weighted by atomic mass is 16.3. The lowest BCUT2D eigenvalue weighted by molar-refractivity contribution is 0.237. The second-order valence-electron chi connectivity index (χ2n) is 3.44. The highest BCUT2D eigenvalue weighted by Gasteiger charge is 2.00. The molecule has 1 nitrogen and oxygen atoms in total. The van der Waals surface area contributed by atoms with Crippen LogP contribution in [0.2, 0.25) is 0 Å². The van der Waals surface area contributed by atoms with Crippen molar-refractivity contribution in [2.24, 2.45) is 5.92 Å². The maximum Gasteiger partial charge on any atom is 0.0459 e. The number of aliphatic hydroxyl groups is 1. The number of hydrogen-bond donors (Lipinski definition) is 1. The molecule has 1 unspecified atom stereocenters. The summed E-state index contributed by atoms with van der Waals surface area (Å²) in [6, 6.07) is 8.27. The Kier molecular flexibility index (Phi) is 3.71. The van der Waals surface area contributed by atoms with Crippen LogP contribution in [-0.2, 0) is 6.42 Å². The summed E-state index contributed by atoms with van der Waals surface area (Å²) >= 11 is 0. The minimum absolute atomic E-state index is 0.253. The molecule has 0 amide bonds. The van der Waals surface area contributed by atoms with E-state index >= 15 is 0 Å². The number of benzene rings is 1. The standard InChI is InChI=1S/C12H16O/c1-3-11-4-6-12(7-5-11)8-10(2)9-13/h3-7,10,13H,1,8-9H2,2H3. The van der Waals surface area contributed by atoms with Gasteiger partial charge in [-0.15, -0.1) is 0 Å². The summed E-state index contributed by atoms with van der Waals surface area (Å²) in [6.45, 7) is 5.99. The van der Waals surface area contributed by atoms with Crippen LogP contribution in [0.1, 0.15) is 18.1 Å². The summed E-state index contributed by atoms with van der Waals surface area (Å²) in [5, 5.41) is 8.88. The first-order chi connectivity index (χ1) is 6.26. The predicted molar refractivity (Wildman–Crippen MR) is 56.5 cm³/mol. The Bertz CT molecular complexity index is 261. The van der Waals surface area contributed by atoms with E-state index in [1.807, 2.05) is 25.1 Å². The van der Waals surface area contributed by atoms with Crippen molar-refractivity contribution in [2.45, 2.75) is 13.3 Å². The zero-order valence-electron chi connectivity index (χ0n) is 8.03. The molecule has 0 saturated heterocycles. The van der Waals surface area contributed by atoms with Crippen LogP contribution in [0.25, 0.3) is 6.08 Å². The fourth-order valence-corrected chi connectivity index (χ4v) is 1.26. The van der Waals surface area contributed by atoms with E-state index in [1.165, 1.54) is 5.56 Å². The van der Waals surface area contributed by atoms with Gasteiger partial charge in [0, 0.05) is 6.61 Å². The molecule has 0 aliphatic carbocycles. The maximum atomic E-state index is 8.88. The maximum absolute atomic E-state index is 8.88. The molecule has 1 rings (SSSR count). The van der Waals surface area contributed by atoms with Crippen LogP contribution >= 0.6 is 0 Å². The lowest BCUT2D eigenvalue weighted by atomic mass is 10.0. The summed E-state index contributed by atoms with van der Waals surface area (Å²) < 4.78 is 0. The van der Waals surface area contributed by atoms with Gasteiger partial charge in [-0.25, -0.2) is 0 Å². The van der Waals surface area contributed by atoms with Gasteiger partial charge in [-0.05, 0) is 23.5 Å². The van der Waals surface area contributed by atoms with E-state index in [9.17, 15) is 0 Å². The van der Waals surface area contributed by atoms with Crippen molar-refractivity contribution in [1.29, 1.82) is 0 Å². The fourth-order valence-electron chi connectivity index (χ4n) is 1.26. The van der Waals surface area contributed by atoms with Crippen molar-refractivity contribution in [3.63, 3.8) is 0 Å².